The lowest BCUT2D eigenvalue weighted by Crippen LogP contribution is -2.34. The highest BCUT2D eigenvalue weighted by Gasteiger charge is 2.21. The van der Waals surface area contributed by atoms with Crippen LogP contribution < -0.4 is 19.5 Å². The molecule has 1 fully saturated rings. The molecule has 1 saturated heterocycles. The Labute approximate surface area is 119 Å². The topological polar surface area (TPSA) is 43.0 Å². The standard InChI is InChI=1S/C15H22N2O3/c1-17(9-12-4-3-5-16-12)8-11-6-13(18-2)15-14(7-11)19-10-20-15/h6-7,12,16H,3-5,8-10H2,1-2H3. The quantitative estimate of drug-likeness (QED) is 0.886. The van der Waals surface area contributed by atoms with Gasteiger partial charge in [-0.05, 0) is 44.1 Å². The zero-order valence-corrected chi connectivity index (χ0v) is 12.1. The predicted octanol–water partition coefficient (Wildman–Crippen LogP) is 1.61. The molecule has 110 valence electrons. The Kier molecular flexibility index (Phi) is 3.98. The third-order valence-corrected chi connectivity index (χ3v) is 3.87. The second-order valence-electron chi connectivity index (χ2n) is 5.52. The summed E-state index contributed by atoms with van der Waals surface area (Å²) in [7, 11) is 3.81. The number of ether oxygens (including phenoxy) is 3. The van der Waals surface area contributed by atoms with Crippen molar-refractivity contribution in [2.24, 2.45) is 0 Å². The van der Waals surface area contributed by atoms with E-state index >= 15 is 0 Å². The number of fused-ring (bicyclic) bond motifs is 1. The lowest BCUT2D eigenvalue weighted by atomic mass is 10.1. The Balaban J connectivity index is 1.67. The molecule has 1 unspecified atom stereocenters. The highest BCUT2D eigenvalue weighted by Crippen LogP contribution is 2.41. The molecule has 0 saturated carbocycles. The fourth-order valence-electron chi connectivity index (χ4n) is 2.94. The number of rotatable bonds is 5. The second kappa shape index (κ2) is 5.89. The summed E-state index contributed by atoms with van der Waals surface area (Å²) in [6, 6.07) is 4.70. The highest BCUT2D eigenvalue weighted by atomic mass is 16.7. The van der Waals surface area contributed by atoms with Crippen LogP contribution >= 0.6 is 0 Å². The van der Waals surface area contributed by atoms with E-state index in [9.17, 15) is 0 Å². The molecule has 1 aromatic rings. The van der Waals surface area contributed by atoms with Crippen LogP contribution in [0.5, 0.6) is 17.2 Å². The van der Waals surface area contributed by atoms with Crippen molar-refractivity contribution in [2.75, 3.05) is 34.0 Å². The first-order valence-electron chi connectivity index (χ1n) is 7.14. The summed E-state index contributed by atoms with van der Waals surface area (Å²) < 4.78 is 16.3. The van der Waals surface area contributed by atoms with Gasteiger partial charge in [0.25, 0.3) is 0 Å². The zero-order chi connectivity index (χ0) is 13.9. The van der Waals surface area contributed by atoms with E-state index in [1.807, 2.05) is 12.1 Å². The Morgan fingerprint density at radius 1 is 1.40 bits per heavy atom. The summed E-state index contributed by atoms with van der Waals surface area (Å²) in [6.45, 7) is 3.37. The third-order valence-electron chi connectivity index (χ3n) is 3.87. The van der Waals surface area contributed by atoms with E-state index in [1.54, 1.807) is 7.11 Å². The van der Waals surface area contributed by atoms with Crippen LogP contribution in [0.25, 0.3) is 0 Å². The van der Waals surface area contributed by atoms with Gasteiger partial charge in [-0.15, -0.1) is 0 Å². The van der Waals surface area contributed by atoms with Crippen LogP contribution in [0.4, 0.5) is 0 Å². The highest BCUT2D eigenvalue weighted by molar-refractivity contribution is 5.55. The molecule has 2 aliphatic rings. The number of methoxy groups -OCH3 is 1. The van der Waals surface area contributed by atoms with E-state index in [0.29, 0.717) is 6.04 Å². The van der Waals surface area contributed by atoms with Crippen LogP contribution in [-0.2, 0) is 6.54 Å². The van der Waals surface area contributed by atoms with E-state index < -0.39 is 0 Å². The van der Waals surface area contributed by atoms with Crippen LogP contribution in [0.15, 0.2) is 12.1 Å². The van der Waals surface area contributed by atoms with Crippen molar-refractivity contribution in [3.63, 3.8) is 0 Å². The molecule has 20 heavy (non-hydrogen) atoms. The van der Waals surface area contributed by atoms with Crippen molar-refractivity contribution in [2.45, 2.75) is 25.4 Å². The van der Waals surface area contributed by atoms with Crippen molar-refractivity contribution >= 4 is 0 Å². The second-order valence-corrected chi connectivity index (χ2v) is 5.52. The molecular weight excluding hydrogens is 256 g/mol. The van der Waals surface area contributed by atoms with Crippen LogP contribution in [-0.4, -0.2) is 45.0 Å². The third kappa shape index (κ3) is 2.83. The number of nitrogens with zero attached hydrogens (tertiary/aromatic N) is 1. The molecule has 5 nitrogen and oxygen atoms in total. The predicted molar refractivity (Wildman–Crippen MR) is 76.5 cm³/mol. The van der Waals surface area contributed by atoms with Gasteiger partial charge >= 0.3 is 0 Å². The first-order chi connectivity index (χ1) is 9.76. The molecule has 0 radical (unpaired) electrons. The molecule has 1 N–H and O–H groups in total. The van der Waals surface area contributed by atoms with Gasteiger partial charge in [-0.2, -0.15) is 0 Å². The number of nitrogens with one attached hydrogen (secondary N) is 1. The van der Waals surface area contributed by atoms with E-state index in [2.05, 4.69) is 17.3 Å². The summed E-state index contributed by atoms with van der Waals surface area (Å²) in [5.74, 6) is 2.26. The number of benzene rings is 1. The molecule has 0 aliphatic carbocycles. The summed E-state index contributed by atoms with van der Waals surface area (Å²) in [6.07, 6.45) is 2.56. The molecule has 0 bridgehead atoms. The largest absolute Gasteiger partial charge is 0.493 e. The average molecular weight is 278 g/mol. The number of likely N-dealkylation sites (N-methyl/N-ethyl adjacent to an activating group) is 1. The van der Waals surface area contributed by atoms with E-state index in [1.165, 1.54) is 18.4 Å². The van der Waals surface area contributed by atoms with Crippen molar-refractivity contribution in [3.8, 4) is 17.2 Å². The van der Waals surface area contributed by atoms with Crippen molar-refractivity contribution in [1.29, 1.82) is 0 Å². The molecule has 0 aromatic heterocycles. The first kappa shape index (κ1) is 13.5. The van der Waals surface area contributed by atoms with Gasteiger partial charge in [-0.25, -0.2) is 0 Å². The Morgan fingerprint density at radius 2 is 2.30 bits per heavy atom. The summed E-state index contributed by atoms with van der Waals surface area (Å²) in [5.41, 5.74) is 1.19. The summed E-state index contributed by atoms with van der Waals surface area (Å²) >= 11 is 0. The van der Waals surface area contributed by atoms with Gasteiger partial charge in [0.2, 0.25) is 12.5 Å². The van der Waals surface area contributed by atoms with Crippen LogP contribution in [0.1, 0.15) is 18.4 Å². The zero-order valence-electron chi connectivity index (χ0n) is 12.1. The molecular formula is C15H22N2O3. The van der Waals surface area contributed by atoms with Crippen LogP contribution in [0.3, 0.4) is 0 Å². The molecule has 2 aliphatic heterocycles. The van der Waals surface area contributed by atoms with E-state index in [-0.39, 0.29) is 6.79 Å². The monoisotopic (exact) mass is 278 g/mol. The molecule has 0 spiro atoms. The van der Waals surface area contributed by atoms with Gasteiger partial charge in [0, 0.05) is 19.1 Å². The number of hydrogen-bond acceptors (Lipinski definition) is 5. The van der Waals surface area contributed by atoms with E-state index in [0.717, 1.165) is 36.9 Å². The Bertz CT molecular complexity index is 472. The molecule has 1 atom stereocenters. The van der Waals surface area contributed by atoms with Gasteiger partial charge < -0.3 is 24.4 Å². The molecule has 2 heterocycles. The molecule has 0 amide bonds. The maximum Gasteiger partial charge on any atom is 0.231 e. The van der Waals surface area contributed by atoms with Gasteiger partial charge in [0.1, 0.15) is 0 Å². The molecule has 5 heteroatoms. The smallest absolute Gasteiger partial charge is 0.231 e. The van der Waals surface area contributed by atoms with E-state index in [4.69, 9.17) is 14.2 Å². The molecule has 3 rings (SSSR count). The fourth-order valence-corrected chi connectivity index (χ4v) is 2.94. The van der Waals surface area contributed by atoms with Crippen molar-refractivity contribution in [1.82, 2.24) is 10.2 Å². The maximum absolute atomic E-state index is 5.46. The minimum atomic E-state index is 0.275. The van der Waals surface area contributed by atoms with Gasteiger partial charge in [0.05, 0.1) is 7.11 Å². The fraction of sp³-hybridized carbons (Fsp3) is 0.600. The van der Waals surface area contributed by atoms with Crippen LogP contribution in [0.2, 0.25) is 0 Å². The SMILES string of the molecule is COc1cc(CN(C)CC2CCCN2)cc2c1OCO2. The average Bonchev–Trinajstić information content (AvgIpc) is 3.08. The van der Waals surface area contributed by atoms with Crippen molar-refractivity contribution in [3.05, 3.63) is 17.7 Å². The Morgan fingerprint density at radius 3 is 3.05 bits per heavy atom. The summed E-state index contributed by atoms with van der Waals surface area (Å²) in [5, 5.41) is 3.53. The van der Waals surface area contributed by atoms with Crippen molar-refractivity contribution < 1.29 is 14.2 Å². The number of hydrogen-bond donors (Lipinski definition) is 1. The summed E-state index contributed by atoms with van der Waals surface area (Å²) in [4.78, 5) is 2.33. The van der Waals surface area contributed by atoms with Gasteiger partial charge in [0.15, 0.2) is 11.5 Å². The van der Waals surface area contributed by atoms with Crippen LogP contribution in [0, 0.1) is 0 Å². The minimum absolute atomic E-state index is 0.275. The maximum atomic E-state index is 5.46. The van der Waals surface area contributed by atoms with Gasteiger partial charge in [-0.3, -0.25) is 0 Å². The van der Waals surface area contributed by atoms with Gasteiger partial charge in [-0.1, -0.05) is 0 Å². The first-order valence-corrected chi connectivity index (χ1v) is 7.14. The minimum Gasteiger partial charge on any atom is -0.493 e. The lowest BCUT2D eigenvalue weighted by molar-refractivity contribution is 0.171. The Hall–Kier alpha value is -1.46. The lowest BCUT2D eigenvalue weighted by Gasteiger charge is -2.21. The normalized spacial score (nSPS) is 20.6. The molecule has 1 aromatic carbocycles.